The van der Waals surface area contributed by atoms with Gasteiger partial charge in [0.25, 0.3) is 18.1 Å². The fourth-order valence-corrected chi connectivity index (χ4v) is 3.38. The second-order valence-electron chi connectivity index (χ2n) is 3.24. The SMILES string of the molecule is Cc1cc(S(=O)(=O)Cl)cc(S(=O)(=O)Cl)c1C. The second kappa shape index (κ2) is 4.18. The van der Waals surface area contributed by atoms with Crippen LogP contribution in [0.4, 0.5) is 0 Å². The summed E-state index contributed by atoms with van der Waals surface area (Å²) in [6.45, 7) is 3.11. The normalized spacial score (nSPS) is 12.8. The Morgan fingerprint density at radius 3 is 1.81 bits per heavy atom. The molecule has 0 aromatic heterocycles. The third-order valence-corrected chi connectivity index (χ3v) is 4.92. The van der Waals surface area contributed by atoms with Crippen LogP contribution in [-0.2, 0) is 18.1 Å². The molecule has 1 aromatic rings. The number of halogens is 2. The summed E-state index contributed by atoms with van der Waals surface area (Å²) in [5.41, 5.74) is 0.889. The Hall–Kier alpha value is -0.300. The number of benzene rings is 1. The number of hydrogen-bond donors (Lipinski definition) is 0. The van der Waals surface area contributed by atoms with Crippen molar-refractivity contribution in [2.45, 2.75) is 23.6 Å². The molecule has 0 heterocycles. The third kappa shape index (κ3) is 2.88. The van der Waals surface area contributed by atoms with Gasteiger partial charge in [-0.05, 0) is 37.1 Å². The van der Waals surface area contributed by atoms with Gasteiger partial charge in [0.1, 0.15) is 0 Å². The van der Waals surface area contributed by atoms with Crippen molar-refractivity contribution in [3.63, 3.8) is 0 Å². The molecule has 0 atom stereocenters. The summed E-state index contributed by atoms with van der Waals surface area (Å²) in [5.74, 6) is 0. The molecule has 8 heteroatoms. The van der Waals surface area contributed by atoms with E-state index < -0.39 is 18.1 Å². The van der Waals surface area contributed by atoms with E-state index in [1.807, 2.05) is 0 Å². The van der Waals surface area contributed by atoms with Gasteiger partial charge in [0, 0.05) is 21.4 Å². The Morgan fingerprint density at radius 2 is 1.44 bits per heavy atom. The first kappa shape index (κ1) is 13.8. The van der Waals surface area contributed by atoms with Crippen LogP contribution in [0.1, 0.15) is 11.1 Å². The average molecular weight is 303 g/mol. The van der Waals surface area contributed by atoms with Gasteiger partial charge in [-0.15, -0.1) is 0 Å². The maximum Gasteiger partial charge on any atom is 0.261 e. The van der Waals surface area contributed by atoms with Gasteiger partial charge in [0.05, 0.1) is 9.79 Å². The predicted octanol–water partition coefficient (Wildman–Crippen LogP) is 2.16. The molecular weight excluding hydrogens is 295 g/mol. The maximum atomic E-state index is 11.2. The fraction of sp³-hybridized carbons (Fsp3) is 0.250. The molecule has 16 heavy (non-hydrogen) atoms. The first-order chi connectivity index (χ1) is 7.03. The number of hydrogen-bond acceptors (Lipinski definition) is 4. The summed E-state index contributed by atoms with van der Waals surface area (Å²) in [6, 6.07) is 2.25. The van der Waals surface area contributed by atoms with E-state index in [4.69, 9.17) is 21.4 Å². The van der Waals surface area contributed by atoms with E-state index in [-0.39, 0.29) is 9.79 Å². The molecule has 1 aromatic carbocycles. The van der Waals surface area contributed by atoms with Crippen molar-refractivity contribution in [2.24, 2.45) is 0 Å². The van der Waals surface area contributed by atoms with Gasteiger partial charge in [-0.25, -0.2) is 16.8 Å². The summed E-state index contributed by atoms with van der Waals surface area (Å²) < 4.78 is 44.6. The summed E-state index contributed by atoms with van der Waals surface area (Å²) in [5, 5.41) is 0. The van der Waals surface area contributed by atoms with Crippen molar-refractivity contribution in [3.8, 4) is 0 Å². The smallest absolute Gasteiger partial charge is 0.207 e. The van der Waals surface area contributed by atoms with E-state index >= 15 is 0 Å². The largest absolute Gasteiger partial charge is 0.261 e. The lowest BCUT2D eigenvalue weighted by molar-refractivity contribution is 0.607. The van der Waals surface area contributed by atoms with Crippen LogP contribution in [0.15, 0.2) is 21.9 Å². The highest BCUT2D eigenvalue weighted by molar-refractivity contribution is 8.14. The van der Waals surface area contributed by atoms with Gasteiger partial charge >= 0.3 is 0 Å². The first-order valence-electron chi connectivity index (χ1n) is 4.04. The van der Waals surface area contributed by atoms with E-state index in [0.29, 0.717) is 11.1 Å². The minimum atomic E-state index is -3.99. The van der Waals surface area contributed by atoms with E-state index in [0.717, 1.165) is 6.07 Å². The van der Waals surface area contributed by atoms with Gasteiger partial charge in [0.15, 0.2) is 0 Å². The maximum absolute atomic E-state index is 11.2. The summed E-state index contributed by atoms with van der Waals surface area (Å²) in [7, 11) is 2.37. The number of rotatable bonds is 2. The predicted molar refractivity (Wildman–Crippen MR) is 62.0 cm³/mol. The lowest BCUT2D eigenvalue weighted by atomic mass is 10.1. The van der Waals surface area contributed by atoms with Crippen molar-refractivity contribution in [1.82, 2.24) is 0 Å². The standard InChI is InChI=1S/C8H8Cl2O4S2/c1-5-3-7(15(9,11)12)4-8(6(5)2)16(10,13)14/h3-4H,1-2H3. The van der Waals surface area contributed by atoms with Crippen LogP contribution in [0.25, 0.3) is 0 Å². The van der Waals surface area contributed by atoms with Gasteiger partial charge in [-0.2, -0.15) is 0 Å². The molecule has 0 bridgehead atoms. The summed E-state index contributed by atoms with van der Waals surface area (Å²) in [4.78, 5) is -0.523. The zero-order chi connectivity index (χ0) is 12.7. The summed E-state index contributed by atoms with van der Waals surface area (Å²) in [6.07, 6.45) is 0. The van der Waals surface area contributed by atoms with Gasteiger partial charge < -0.3 is 0 Å². The van der Waals surface area contributed by atoms with E-state index in [9.17, 15) is 16.8 Å². The monoisotopic (exact) mass is 302 g/mol. The molecule has 0 unspecified atom stereocenters. The Bertz CT molecular complexity index is 632. The Labute approximate surface area is 103 Å². The molecule has 0 aliphatic carbocycles. The van der Waals surface area contributed by atoms with Crippen molar-refractivity contribution >= 4 is 39.5 Å². The molecule has 0 spiro atoms. The highest BCUT2D eigenvalue weighted by Gasteiger charge is 2.20. The minimum absolute atomic E-state index is 0.242. The topological polar surface area (TPSA) is 68.3 Å². The summed E-state index contributed by atoms with van der Waals surface area (Å²) >= 11 is 0. The van der Waals surface area contributed by atoms with E-state index in [1.165, 1.54) is 13.0 Å². The van der Waals surface area contributed by atoms with Crippen molar-refractivity contribution in [1.29, 1.82) is 0 Å². The van der Waals surface area contributed by atoms with E-state index in [2.05, 4.69) is 0 Å². The highest BCUT2D eigenvalue weighted by Crippen LogP contribution is 2.27. The zero-order valence-electron chi connectivity index (χ0n) is 8.36. The lowest BCUT2D eigenvalue weighted by Gasteiger charge is -2.07. The Balaban J connectivity index is 3.72. The van der Waals surface area contributed by atoms with Crippen LogP contribution < -0.4 is 0 Å². The Kier molecular flexibility index (Phi) is 3.59. The number of aryl methyl sites for hydroxylation is 1. The second-order valence-corrected chi connectivity index (χ2v) is 8.34. The molecule has 0 N–H and O–H groups in total. The van der Waals surface area contributed by atoms with Crippen molar-refractivity contribution < 1.29 is 16.8 Å². The van der Waals surface area contributed by atoms with E-state index in [1.54, 1.807) is 6.92 Å². The Morgan fingerprint density at radius 1 is 0.938 bits per heavy atom. The van der Waals surface area contributed by atoms with Crippen LogP contribution in [-0.4, -0.2) is 16.8 Å². The molecule has 4 nitrogen and oxygen atoms in total. The quantitative estimate of drug-likeness (QED) is 0.785. The molecule has 0 aliphatic rings. The van der Waals surface area contributed by atoms with Crippen molar-refractivity contribution in [2.75, 3.05) is 0 Å². The van der Waals surface area contributed by atoms with Gasteiger partial charge in [-0.3, -0.25) is 0 Å². The van der Waals surface area contributed by atoms with Crippen molar-refractivity contribution in [3.05, 3.63) is 23.3 Å². The fourth-order valence-electron chi connectivity index (χ4n) is 1.19. The van der Waals surface area contributed by atoms with Crippen LogP contribution in [0.2, 0.25) is 0 Å². The average Bonchev–Trinajstić information content (AvgIpc) is 2.05. The zero-order valence-corrected chi connectivity index (χ0v) is 11.5. The highest BCUT2D eigenvalue weighted by atomic mass is 35.7. The van der Waals surface area contributed by atoms with Gasteiger partial charge in [0.2, 0.25) is 0 Å². The molecule has 1 rings (SSSR count). The lowest BCUT2D eigenvalue weighted by Crippen LogP contribution is -2.01. The molecule has 0 fully saturated rings. The molecule has 0 radical (unpaired) electrons. The molecule has 90 valence electrons. The van der Waals surface area contributed by atoms with Crippen LogP contribution in [0.5, 0.6) is 0 Å². The van der Waals surface area contributed by atoms with Crippen LogP contribution >= 0.6 is 21.4 Å². The molecule has 0 aliphatic heterocycles. The van der Waals surface area contributed by atoms with Crippen LogP contribution in [0.3, 0.4) is 0 Å². The van der Waals surface area contributed by atoms with Crippen LogP contribution in [0, 0.1) is 13.8 Å². The molecule has 0 amide bonds. The molecular formula is C8H8Cl2O4S2. The minimum Gasteiger partial charge on any atom is -0.207 e. The molecule has 0 saturated carbocycles. The van der Waals surface area contributed by atoms with Gasteiger partial charge in [-0.1, -0.05) is 0 Å². The molecule has 0 saturated heterocycles. The first-order valence-corrected chi connectivity index (χ1v) is 8.66. The third-order valence-electron chi connectivity index (χ3n) is 2.14.